The van der Waals surface area contributed by atoms with Gasteiger partial charge in [0.15, 0.2) is 0 Å². The summed E-state index contributed by atoms with van der Waals surface area (Å²) in [6.45, 7) is 4.05. The molecule has 0 aromatic carbocycles. The van der Waals surface area contributed by atoms with Crippen LogP contribution in [0.1, 0.15) is 25.7 Å². The van der Waals surface area contributed by atoms with Crippen LogP contribution >= 0.6 is 0 Å². The lowest BCUT2D eigenvalue weighted by atomic mass is 10.1. The minimum Gasteiger partial charge on any atom is -0.396 e. The molecule has 0 aliphatic heterocycles. The van der Waals surface area contributed by atoms with Crippen molar-refractivity contribution in [2.75, 3.05) is 6.61 Å². The molecular weight excluding hydrogens is 124 g/mol. The van der Waals surface area contributed by atoms with Crippen LogP contribution < -0.4 is 0 Å². The molecule has 2 atom stereocenters. The van der Waals surface area contributed by atoms with Crippen LogP contribution in [0, 0.1) is 11.8 Å². The van der Waals surface area contributed by atoms with Gasteiger partial charge in [0.25, 0.3) is 0 Å². The fourth-order valence-corrected chi connectivity index (χ4v) is 1.52. The molecule has 0 heterocycles. The lowest BCUT2D eigenvalue weighted by Crippen LogP contribution is -1.87. The summed E-state index contributed by atoms with van der Waals surface area (Å²) in [6.07, 6.45) is 6.77. The molecule has 0 amide bonds. The zero-order valence-corrected chi connectivity index (χ0v) is 6.42. The Kier molecular flexibility index (Phi) is 2.94. The highest BCUT2D eigenvalue weighted by atomic mass is 16.3. The van der Waals surface area contributed by atoms with Gasteiger partial charge in [-0.1, -0.05) is 6.08 Å². The molecule has 1 nitrogen and oxygen atoms in total. The van der Waals surface area contributed by atoms with Gasteiger partial charge in [-0.05, 0) is 37.5 Å². The average Bonchev–Trinajstić information content (AvgIpc) is 2.65. The van der Waals surface area contributed by atoms with Crippen molar-refractivity contribution in [2.45, 2.75) is 25.7 Å². The molecule has 1 aliphatic rings. The molecule has 1 rings (SSSR count). The smallest absolute Gasteiger partial charge is 0.0433 e. The number of rotatable bonds is 5. The lowest BCUT2D eigenvalue weighted by Gasteiger charge is -1.93. The summed E-state index contributed by atoms with van der Waals surface area (Å²) in [4.78, 5) is 0. The number of aliphatic hydroxyl groups is 1. The standard InChI is InChI=1S/C9H16O/c1-2-3-4-8-7-9(8)5-6-10/h2,8-10H,1,3-7H2/t8-,9+/m0/s1. The summed E-state index contributed by atoms with van der Waals surface area (Å²) < 4.78 is 0. The predicted molar refractivity (Wildman–Crippen MR) is 42.7 cm³/mol. The highest BCUT2D eigenvalue weighted by Crippen LogP contribution is 2.44. The molecule has 1 N–H and O–H groups in total. The average molecular weight is 140 g/mol. The van der Waals surface area contributed by atoms with Crippen molar-refractivity contribution in [1.29, 1.82) is 0 Å². The molecule has 0 spiro atoms. The SMILES string of the molecule is C=CCC[C@H]1C[C@H]1CCO. The van der Waals surface area contributed by atoms with E-state index in [1.165, 1.54) is 12.8 Å². The fraction of sp³-hybridized carbons (Fsp3) is 0.778. The van der Waals surface area contributed by atoms with Crippen molar-refractivity contribution in [1.82, 2.24) is 0 Å². The van der Waals surface area contributed by atoms with Gasteiger partial charge in [0.05, 0.1) is 0 Å². The molecule has 10 heavy (non-hydrogen) atoms. The fourth-order valence-electron chi connectivity index (χ4n) is 1.52. The first-order chi connectivity index (χ1) is 4.88. The maximum Gasteiger partial charge on any atom is 0.0433 e. The van der Waals surface area contributed by atoms with Gasteiger partial charge >= 0.3 is 0 Å². The second-order valence-electron chi connectivity index (χ2n) is 3.13. The molecule has 0 aromatic heterocycles. The van der Waals surface area contributed by atoms with Crippen molar-refractivity contribution in [3.8, 4) is 0 Å². The van der Waals surface area contributed by atoms with Crippen molar-refractivity contribution in [3.63, 3.8) is 0 Å². The third-order valence-electron chi connectivity index (χ3n) is 2.31. The minimum absolute atomic E-state index is 0.370. The van der Waals surface area contributed by atoms with Crippen LogP contribution in [0.15, 0.2) is 12.7 Å². The van der Waals surface area contributed by atoms with Gasteiger partial charge in [-0.2, -0.15) is 0 Å². The first kappa shape index (κ1) is 7.80. The van der Waals surface area contributed by atoms with E-state index < -0.39 is 0 Å². The Morgan fingerprint density at radius 2 is 2.10 bits per heavy atom. The van der Waals surface area contributed by atoms with E-state index in [2.05, 4.69) is 6.58 Å². The van der Waals surface area contributed by atoms with E-state index in [-0.39, 0.29) is 0 Å². The maximum atomic E-state index is 8.60. The number of hydrogen-bond acceptors (Lipinski definition) is 1. The van der Waals surface area contributed by atoms with Crippen molar-refractivity contribution in [2.24, 2.45) is 11.8 Å². The van der Waals surface area contributed by atoms with Crippen LogP contribution in [-0.2, 0) is 0 Å². The summed E-state index contributed by atoms with van der Waals surface area (Å²) in [5.41, 5.74) is 0. The van der Waals surface area contributed by atoms with E-state index in [1.54, 1.807) is 0 Å². The van der Waals surface area contributed by atoms with E-state index in [0.717, 1.165) is 24.7 Å². The summed E-state index contributed by atoms with van der Waals surface area (Å²) in [7, 11) is 0. The Balaban J connectivity index is 1.96. The Morgan fingerprint density at radius 3 is 2.70 bits per heavy atom. The number of hydrogen-bond donors (Lipinski definition) is 1. The topological polar surface area (TPSA) is 20.2 Å². The first-order valence-electron chi connectivity index (χ1n) is 4.10. The maximum absolute atomic E-state index is 8.60. The molecule has 0 aromatic rings. The zero-order valence-electron chi connectivity index (χ0n) is 6.42. The van der Waals surface area contributed by atoms with E-state index in [1.807, 2.05) is 6.08 Å². The molecule has 0 radical (unpaired) electrons. The number of aliphatic hydroxyl groups excluding tert-OH is 1. The van der Waals surface area contributed by atoms with E-state index in [9.17, 15) is 0 Å². The van der Waals surface area contributed by atoms with Gasteiger partial charge in [-0.25, -0.2) is 0 Å². The second-order valence-corrected chi connectivity index (χ2v) is 3.13. The van der Waals surface area contributed by atoms with Gasteiger partial charge in [0, 0.05) is 6.61 Å². The van der Waals surface area contributed by atoms with Crippen molar-refractivity contribution in [3.05, 3.63) is 12.7 Å². The zero-order chi connectivity index (χ0) is 7.40. The summed E-state index contributed by atoms with van der Waals surface area (Å²) in [5, 5.41) is 8.60. The van der Waals surface area contributed by atoms with E-state index in [0.29, 0.717) is 6.61 Å². The second kappa shape index (κ2) is 3.77. The summed E-state index contributed by atoms with van der Waals surface area (Å²) in [5.74, 6) is 1.75. The molecule has 1 aliphatic carbocycles. The van der Waals surface area contributed by atoms with Crippen LogP contribution in [0.2, 0.25) is 0 Å². The van der Waals surface area contributed by atoms with Crippen LogP contribution in [0.3, 0.4) is 0 Å². The van der Waals surface area contributed by atoms with Gasteiger partial charge in [0.2, 0.25) is 0 Å². The molecule has 0 unspecified atom stereocenters. The highest BCUT2D eigenvalue weighted by Gasteiger charge is 2.34. The monoisotopic (exact) mass is 140 g/mol. The predicted octanol–water partition coefficient (Wildman–Crippen LogP) is 1.97. The van der Waals surface area contributed by atoms with Crippen LogP contribution in [0.4, 0.5) is 0 Å². The minimum atomic E-state index is 0.370. The summed E-state index contributed by atoms with van der Waals surface area (Å²) >= 11 is 0. The van der Waals surface area contributed by atoms with Crippen molar-refractivity contribution >= 4 is 0 Å². The Labute approximate surface area is 62.8 Å². The molecule has 1 saturated carbocycles. The van der Waals surface area contributed by atoms with Gasteiger partial charge < -0.3 is 5.11 Å². The Morgan fingerprint density at radius 1 is 1.40 bits per heavy atom. The quantitative estimate of drug-likeness (QED) is 0.579. The van der Waals surface area contributed by atoms with Crippen LogP contribution in [0.5, 0.6) is 0 Å². The van der Waals surface area contributed by atoms with Crippen LogP contribution in [-0.4, -0.2) is 11.7 Å². The molecule has 0 saturated heterocycles. The highest BCUT2D eigenvalue weighted by molar-refractivity contribution is 4.87. The molecule has 0 bridgehead atoms. The van der Waals surface area contributed by atoms with E-state index in [4.69, 9.17) is 5.11 Å². The lowest BCUT2D eigenvalue weighted by molar-refractivity contribution is 0.276. The third kappa shape index (κ3) is 2.14. The molecule has 58 valence electrons. The normalized spacial score (nSPS) is 30.1. The molecule has 1 fully saturated rings. The van der Waals surface area contributed by atoms with Gasteiger partial charge in [-0.3, -0.25) is 0 Å². The van der Waals surface area contributed by atoms with Gasteiger partial charge in [0.1, 0.15) is 0 Å². The van der Waals surface area contributed by atoms with Crippen molar-refractivity contribution < 1.29 is 5.11 Å². The Hall–Kier alpha value is -0.300. The molecule has 1 heteroatoms. The Bertz CT molecular complexity index is 109. The number of allylic oxidation sites excluding steroid dienone is 1. The summed E-state index contributed by atoms with van der Waals surface area (Å²) in [6, 6.07) is 0. The largest absolute Gasteiger partial charge is 0.396 e. The molecular formula is C9H16O. The van der Waals surface area contributed by atoms with Crippen LogP contribution in [0.25, 0.3) is 0 Å². The van der Waals surface area contributed by atoms with Gasteiger partial charge in [-0.15, -0.1) is 6.58 Å². The third-order valence-corrected chi connectivity index (χ3v) is 2.31. The first-order valence-corrected chi connectivity index (χ1v) is 4.10. The van der Waals surface area contributed by atoms with E-state index >= 15 is 0 Å².